The first-order valence-electron chi connectivity index (χ1n) is 7.22. The minimum absolute atomic E-state index is 0. The first kappa shape index (κ1) is 19.9. The van der Waals surface area contributed by atoms with Crippen molar-refractivity contribution in [1.29, 1.82) is 0 Å². The molecule has 0 aliphatic rings. The van der Waals surface area contributed by atoms with E-state index in [0.717, 1.165) is 17.5 Å². The Labute approximate surface area is 133 Å². The summed E-state index contributed by atoms with van der Waals surface area (Å²) in [5.41, 5.74) is 7.39. The zero-order valence-electron chi connectivity index (χ0n) is 13.1. The van der Waals surface area contributed by atoms with Crippen LogP contribution in [0.2, 0.25) is 0 Å². The van der Waals surface area contributed by atoms with Gasteiger partial charge in [0.15, 0.2) is 0 Å². The van der Waals surface area contributed by atoms with Crippen LogP contribution in [0.25, 0.3) is 0 Å². The molecular weight excluding hydrogens is 288 g/mol. The lowest BCUT2D eigenvalue weighted by atomic mass is 9.96. The molecule has 1 rings (SSSR count). The second kappa shape index (κ2) is 9.77. The minimum Gasteiger partial charge on any atom is -0.377 e. The van der Waals surface area contributed by atoms with Gasteiger partial charge >= 0.3 is 0 Å². The molecule has 1 unspecified atom stereocenters. The van der Waals surface area contributed by atoms with E-state index in [2.05, 4.69) is 5.32 Å². The number of rotatable bonds is 8. The quantitative estimate of drug-likeness (QED) is 0.775. The first-order chi connectivity index (χ1) is 9.49. The Morgan fingerprint density at radius 2 is 1.81 bits per heavy atom. The smallest absolute Gasteiger partial charge is 0.240 e. The zero-order valence-corrected chi connectivity index (χ0v) is 14.0. The largest absolute Gasteiger partial charge is 0.377 e. The number of hydrogen-bond donors (Lipinski definition) is 2. The summed E-state index contributed by atoms with van der Waals surface area (Å²) in [5.74, 6) is -0.0993. The number of ether oxygens (including phenoxy) is 1. The molecule has 4 nitrogen and oxygen atoms in total. The lowest BCUT2D eigenvalue weighted by Crippen LogP contribution is -2.51. The van der Waals surface area contributed by atoms with Crippen molar-refractivity contribution in [2.45, 2.75) is 52.3 Å². The highest BCUT2D eigenvalue weighted by molar-refractivity contribution is 5.85. The van der Waals surface area contributed by atoms with Crippen LogP contribution in [-0.4, -0.2) is 18.1 Å². The van der Waals surface area contributed by atoms with Crippen molar-refractivity contribution in [2.24, 2.45) is 5.73 Å². The highest BCUT2D eigenvalue weighted by Gasteiger charge is 2.26. The van der Waals surface area contributed by atoms with E-state index in [9.17, 15) is 4.79 Å². The molecule has 0 aliphatic heterocycles. The maximum atomic E-state index is 12.0. The van der Waals surface area contributed by atoms with E-state index in [4.69, 9.17) is 10.5 Å². The van der Waals surface area contributed by atoms with Gasteiger partial charge in [0.05, 0.1) is 12.1 Å². The summed E-state index contributed by atoms with van der Waals surface area (Å²) >= 11 is 0. The van der Waals surface area contributed by atoms with E-state index >= 15 is 0 Å². The molecule has 1 aromatic carbocycles. The molecule has 0 saturated carbocycles. The molecule has 1 amide bonds. The third-order valence-electron chi connectivity index (χ3n) is 3.24. The van der Waals surface area contributed by atoms with Crippen LogP contribution in [0.1, 0.15) is 44.7 Å². The predicted molar refractivity (Wildman–Crippen MR) is 88.4 cm³/mol. The SMILES string of the molecule is CCCC(C)(N)C(=O)NCc1ccc(COCC)cc1.Cl. The minimum atomic E-state index is -0.788. The van der Waals surface area contributed by atoms with E-state index in [1.54, 1.807) is 6.92 Å². The van der Waals surface area contributed by atoms with Gasteiger partial charge in [-0.3, -0.25) is 4.79 Å². The van der Waals surface area contributed by atoms with Crippen LogP contribution in [0.3, 0.4) is 0 Å². The molecule has 0 radical (unpaired) electrons. The third-order valence-corrected chi connectivity index (χ3v) is 3.24. The Morgan fingerprint density at radius 3 is 2.33 bits per heavy atom. The van der Waals surface area contributed by atoms with Gasteiger partial charge in [0.1, 0.15) is 0 Å². The number of nitrogens with two attached hydrogens (primary N) is 1. The van der Waals surface area contributed by atoms with E-state index in [1.807, 2.05) is 38.1 Å². The molecule has 5 heteroatoms. The summed E-state index contributed by atoms with van der Waals surface area (Å²) < 4.78 is 5.34. The van der Waals surface area contributed by atoms with Gasteiger partial charge in [0, 0.05) is 13.2 Å². The predicted octanol–water partition coefficient (Wildman–Crippen LogP) is 2.78. The van der Waals surface area contributed by atoms with Gasteiger partial charge < -0.3 is 15.8 Å². The molecule has 0 aliphatic carbocycles. The number of benzene rings is 1. The van der Waals surface area contributed by atoms with Crippen molar-refractivity contribution in [1.82, 2.24) is 5.32 Å². The van der Waals surface area contributed by atoms with Gasteiger partial charge in [-0.1, -0.05) is 37.6 Å². The van der Waals surface area contributed by atoms with Crippen LogP contribution in [0.5, 0.6) is 0 Å². The Balaban J connectivity index is 0.00000400. The second-order valence-corrected chi connectivity index (χ2v) is 5.30. The van der Waals surface area contributed by atoms with Gasteiger partial charge in [0.25, 0.3) is 0 Å². The summed E-state index contributed by atoms with van der Waals surface area (Å²) in [6.45, 7) is 7.62. The summed E-state index contributed by atoms with van der Waals surface area (Å²) in [7, 11) is 0. The topological polar surface area (TPSA) is 64.4 Å². The summed E-state index contributed by atoms with van der Waals surface area (Å²) in [4.78, 5) is 12.0. The second-order valence-electron chi connectivity index (χ2n) is 5.30. The Morgan fingerprint density at radius 1 is 1.24 bits per heavy atom. The molecule has 0 aromatic heterocycles. The lowest BCUT2D eigenvalue weighted by molar-refractivity contribution is -0.126. The average molecular weight is 315 g/mol. The number of amides is 1. The van der Waals surface area contributed by atoms with Crippen molar-refractivity contribution in [3.8, 4) is 0 Å². The highest BCUT2D eigenvalue weighted by atomic mass is 35.5. The van der Waals surface area contributed by atoms with Crippen molar-refractivity contribution >= 4 is 18.3 Å². The van der Waals surface area contributed by atoms with Crippen molar-refractivity contribution in [3.63, 3.8) is 0 Å². The molecule has 1 aromatic rings. The first-order valence-corrected chi connectivity index (χ1v) is 7.22. The maximum absolute atomic E-state index is 12.0. The molecule has 0 saturated heterocycles. The van der Waals surface area contributed by atoms with Gasteiger partial charge in [-0.2, -0.15) is 0 Å². The van der Waals surface area contributed by atoms with E-state index in [0.29, 0.717) is 26.2 Å². The lowest BCUT2D eigenvalue weighted by Gasteiger charge is -2.22. The molecule has 0 spiro atoms. The van der Waals surface area contributed by atoms with Gasteiger partial charge in [-0.15, -0.1) is 12.4 Å². The molecule has 3 N–H and O–H groups in total. The normalized spacial score (nSPS) is 13.1. The van der Waals surface area contributed by atoms with Crippen LogP contribution in [0, 0.1) is 0 Å². The fourth-order valence-electron chi connectivity index (χ4n) is 1.99. The third kappa shape index (κ3) is 6.93. The molecule has 120 valence electrons. The number of halogens is 1. The van der Waals surface area contributed by atoms with E-state index in [-0.39, 0.29) is 18.3 Å². The van der Waals surface area contributed by atoms with Crippen molar-refractivity contribution in [2.75, 3.05) is 6.61 Å². The fraction of sp³-hybridized carbons (Fsp3) is 0.562. The summed E-state index contributed by atoms with van der Waals surface area (Å²) in [6, 6.07) is 8.04. The van der Waals surface area contributed by atoms with Crippen molar-refractivity contribution in [3.05, 3.63) is 35.4 Å². The summed E-state index contributed by atoms with van der Waals surface area (Å²) in [6.07, 6.45) is 1.58. The monoisotopic (exact) mass is 314 g/mol. The summed E-state index contributed by atoms with van der Waals surface area (Å²) in [5, 5.41) is 2.89. The van der Waals surface area contributed by atoms with Crippen LogP contribution < -0.4 is 11.1 Å². The number of carbonyl (C=O) groups excluding carboxylic acids is 1. The van der Waals surface area contributed by atoms with E-state index < -0.39 is 5.54 Å². The average Bonchev–Trinajstić information content (AvgIpc) is 2.43. The zero-order chi connectivity index (χ0) is 15.0. The molecule has 0 fully saturated rings. The molecule has 1 atom stereocenters. The van der Waals surface area contributed by atoms with Gasteiger partial charge in [-0.05, 0) is 31.4 Å². The van der Waals surface area contributed by atoms with Crippen molar-refractivity contribution < 1.29 is 9.53 Å². The maximum Gasteiger partial charge on any atom is 0.240 e. The van der Waals surface area contributed by atoms with Crippen LogP contribution in [0.4, 0.5) is 0 Å². The molecular formula is C16H27ClN2O2. The Bertz CT molecular complexity index is 419. The molecule has 0 heterocycles. The standard InChI is InChI=1S/C16H26N2O2.ClH/c1-4-10-16(3,17)15(19)18-11-13-6-8-14(9-7-13)12-20-5-2;/h6-9H,4-5,10-12,17H2,1-3H3,(H,18,19);1H. The Kier molecular flexibility index (Phi) is 9.26. The van der Waals surface area contributed by atoms with E-state index in [1.165, 1.54) is 0 Å². The number of hydrogen-bond acceptors (Lipinski definition) is 3. The molecule has 21 heavy (non-hydrogen) atoms. The number of carbonyl (C=O) groups is 1. The highest BCUT2D eigenvalue weighted by Crippen LogP contribution is 2.10. The Hall–Kier alpha value is -1.10. The fourth-order valence-corrected chi connectivity index (χ4v) is 1.99. The van der Waals surface area contributed by atoms with Gasteiger partial charge in [0.2, 0.25) is 5.91 Å². The molecule has 0 bridgehead atoms. The van der Waals surface area contributed by atoms with Crippen LogP contribution >= 0.6 is 12.4 Å². The van der Waals surface area contributed by atoms with Gasteiger partial charge in [-0.25, -0.2) is 0 Å². The van der Waals surface area contributed by atoms with Crippen LogP contribution in [-0.2, 0) is 22.7 Å². The van der Waals surface area contributed by atoms with Crippen LogP contribution in [0.15, 0.2) is 24.3 Å². The number of nitrogens with one attached hydrogen (secondary N) is 1.